The van der Waals surface area contributed by atoms with Gasteiger partial charge in [-0.1, -0.05) is 13.8 Å². The second kappa shape index (κ2) is 5.68. The number of nitrogens with zero attached hydrogens (tertiary/aromatic N) is 2. The summed E-state index contributed by atoms with van der Waals surface area (Å²) in [6, 6.07) is 0.707. The summed E-state index contributed by atoms with van der Waals surface area (Å²) in [6.45, 7) is 5.49. The molecule has 0 amide bonds. The standard InChI is InChI=1S/C16H25N3O/c1-16(2)7-5-14(6-8-16)20-15-11-18-13(10-19-15)9-17-12-3-4-12/h10-12,14,17H,3-9H2,1-2H3. The van der Waals surface area contributed by atoms with Gasteiger partial charge in [-0.05, 0) is 43.9 Å². The molecular formula is C16H25N3O. The van der Waals surface area contributed by atoms with Crippen molar-refractivity contribution in [3.05, 3.63) is 18.1 Å². The molecule has 2 aliphatic carbocycles. The first-order valence-electron chi connectivity index (χ1n) is 7.82. The summed E-state index contributed by atoms with van der Waals surface area (Å²) in [7, 11) is 0. The van der Waals surface area contributed by atoms with Gasteiger partial charge < -0.3 is 10.1 Å². The molecule has 2 fully saturated rings. The molecule has 2 aliphatic rings. The van der Waals surface area contributed by atoms with E-state index in [1.54, 1.807) is 6.20 Å². The van der Waals surface area contributed by atoms with Crippen molar-refractivity contribution in [1.82, 2.24) is 15.3 Å². The maximum absolute atomic E-state index is 5.95. The van der Waals surface area contributed by atoms with Gasteiger partial charge in [0.2, 0.25) is 5.88 Å². The van der Waals surface area contributed by atoms with Crippen LogP contribution < -0.4 is 10.1 Å². The highest BCUT2D eigenvalue weighted by atomic mass is 16.5. The van der Waals surface area contributed by atoms with E-state index in [4.69, 9.17) is 4.74 Å². The van der Waals surface area contributed by atoms with E-state index in [9.17, 15) is 0 Å². The molecule has 1 aromatic heterocycles. The van der Waals surface area contributed by atoms with Crippen molar-refractivity contribution < 1.29 is 4.74 Å². The van der Waals surface area contributed by atoms with Gasteiger partial charge >= 0.3 is 0 Å². The fourth-order valence-corrected chi connectivity index (χ4v) is 2.69. The normalized spacial score (nSPS) is 22.7. The van der Waals surface area contributed by atoms with Crippen molar-refractivity contribution in [2.75, 3.05) is 0 Å². The molecular weight excluding hydrogens is 250 g/mol. The highest BCUT2D eigenvalue weighted by molar-refractivity contribution is 5.08. The summed E-state index contributed by atoms with van der Waals surface area (Å²) < 4.78 is 5.95. The van der Waals surface area contributed by atoms with Crippen molar-refractivity contribution >= 4 is 0 Å². The third kappa shape index (κ3) is 3.92. The van der Waals surface area contributed by atoms with Crippen molar-refractivity contribution in [1.29, 1.82) is 0 Å². The molecule has 0 aromatic carbocycles. The van der Waals surface area contributed by atoms with Gasteiger partial charge in [0.15, 0.2) is 0 Å². The third-order valence-corrected chi connectivity index (χ3v) is 4.40. The van der Waals surface area contributed by atoms with Crippen LogP contribution in [0.3, 0.4) is 0 Å². The van der Waals surface area contributed by atoms with E-state index in [-0.39, 0.29) is 0 Å². The Morgan fingerprint density at radius 3 is 2.50 bits per heavy atom. The first-order chi connectivity index (χ1) is 9.61. The van der Waals surface area contributed by atoms with Crippen LogP contribution in [0.4, 0.5) is 0 Å². The van der Waals surface area contributed by atoms with Gasteiger partial charge in [0.1, 0.15) is 6.10 Å². The number of aromatic nitrogens is 2. The van der Waals surface area contributed by atoms with Gasteiger partial charge in [-0.25, -0.2) is 4.98 Å². The SMILES string of the molecule is CC1(C)CCC(Oc2cnc(CNC3CC3)cn2)CC1. The predicted molar refractivity (Wildman–Crippen MR) is 78.6 cm³/mol. The van der Waals surface area contributed by atoms with E-state index in [1.165, 1.54) is 25.7 Å². The lowest BCUT2D eigenvalue weighted by atomic mass is 9.76. The fraction of sp³-hybridized carbons (Fsp3) is 0.750. The van der Waals surface area contributed by atoms with Crippen molar-refractivity contribution in [2.24, 2.45) is 5.41 Å². The zero-order valence-electron chi connectivity index (χ0n) is 12.6. The highest BCUT2D eigenvalue weighted by Crippen LogP contribution is 2.36. The number of hydrogen-bond donors (Lipinski definition) is 1. The van der Waals surface area contributed by atoms with Crippen LogP contribution in [0.5, 0.6) is 5.88 Å². The minimum atomic E-state index is 0.313. The molecule has 3 rings (SSSR count). The van der Waals surface area contributed by atoms with Crippen LogP contribution in [0.1, 0.15) is 58.1 Å². The lowest BCUT2D eigenvalue weighted by Crippen LogP contribution is -2.28. The monoisotopic (exact) mass is 275 g/mol. The molecule has 0 bridgehead atoms. The summed E-state index contributed by atoms with van der Waals surface area (Å²) in [6.07, 6.45) is 11.2. The number of rotatable bonds is 5. The third-order valence-electron chi connectivity index (χ3n) is 4.40. The van der Waals surface area contributed by atoms with E-state index in [1.807, 2.05) is 6.20 Å². The van der Waals surface area contributed by atoms with Crippen LogP contribution in [0.2, 0.25) is 0 Å². The largest absolute Gasteiger partial charge is 0.473 e. The summed E-state index contributed by atoms with van der Waals surface area (Å²) in [5, 5.41) is 3.44. The van der Waals surface area contributed by atoms with E-state index >= 15 is 0 Å². The molecule has 1 heterocycles. The quantitative estimate of drug-likeness (QED) is 0.897. The molecule has 0 spiro atoms. The molecule has 2 saturated carbocycles. The second-order valence-corrected chi connectivity index (χ2v) is 6.98. The van der Waals surface area contributed by atoms with Crippen LogP contribution in [-0.2, 0) is 6.54 Å². The molecule has 1 N–H and O–H groups in total. The Kier molecular flexibility index (Phi) is 3.92. The average molecular weight is 275 g/mol. The summed E-state index contributed by atoms with van der Waals surface area (Å²) in [5.74, 6) is 0.671. The Morgan fingerprint density at radius 2 is 1.90 bits per heavy atom. The Morgan fingerprint density at radius 1 is 1.15 bits per heavy atom. The molecule has 1 aromatic rings. The molecule has 4 nitrogen and oxygen atoms in total. The Balaban J connectivity index is 1.47. The zero-order chi connectivity index (χ0) is 14.0. The molecule has 4 heteroatoms. The number of ether oxygens (including phenoxy) is 1. The van der Waals surface area contributed by atoms with Crippen molar-refractivity contribution in [2.45, 2.75) is 71.1 Å². The van der Waals surface area contributed by atoms with Gasteiger partial charge in [-0.3, -0.25) is 4.98 Å². The molecule has 20 heavy (non-hydrogen) atoms. The topological polar surface area (TPSA) is 47.0 Å². The zero-order valence-corrected chi connectivity index (χ0v) is 12.6. The van der Waals surface area contributed by atoms with Crippen LogP contribution in [0.25, 0.3) is 0 Å². The maximum Gasteiger partial charge on any atom is 0.232 e. The highest BCUT2D eigenvalue weighted by Gasteiger charge is 2.28. The van der Waals surface area contributed by atoms with E-state index in [0.29, 0.717) is 23.4 Å². The molecule has 0 saturated heterocycles. The molecule has 0 atom stereocenters. The van der Waals surface area contributed by atoms with Crippen LogP contribution >= 0.6 is 0 Å². The smallest absolute Gasteiger partial charge is 0.232 e. The van der Waals surface area contributed by atoms with Crippen LogP contribution in [0, 0.1) is 5.41 Å². The molecule has 0 radical (unpaired) electrons. The summed E-state index contributed by atoms with van der Waals surface area (Å²) in [4.78, 5) is 8.81. The van der Waals surface area contributed by atoms with Gasteiger partial charge in [0, 0.05) is 12.6 Å². The van der Waals surface area contributed by atoms with Crippen LogP contribution in [-0.4, -0.2) is 22.1 Å². The average Bonchev–Trinajstić information content (AvgIpc) is 3.25. The summed E-state index contributed by atoms with van der Waals surface area (Å²) in [5.41, 5.74) is 1.47. The van der Waals surface area contributed by atoms with E-state index in [2.05, 4.69) is 29.1 Å². The molecule has 0 aliphatic heterocycles. The van der Waals surface area contributed by atoms with Crippen molar-refractivity contribution in [3.63, 3.8) is 0 Å². The Hall–Kier alpha value is -1.16. The van der Waals surface area contributed by atoms with E-state index in [0.717, 1.165) is 25.1 Å². The summed E-state index contributed by atoms with van der Waals surface area (Å²) >= 11 is 0. The first-order valence-corrected chi connectivity index (χ1v) is 7.82. The Bertz CT molecular complexity index is 430. The fourth-order valence-electron chi connectivity index (χ4n) is 2.69. The lowest BCUT2D eigenvalue weighted by Gasteiger charge is -2.33. The minimum Gasteiger partial charge on any atom is -0.473 e. The minimum absolute atomic E-state index is 0.313. The number of hydrogen-bond acceptors (Lipinski definition) is 4. The lowest BCUT2D eigenvalue weighted by molar-refractivity contribution is 0.0945. The van der Waals surface area contributed by atoms with Crippen molar-refractivity contribution in [3.8, 4) is 5.88 Å². The Labute approximate surface area is 121 Å². The predicted octanol–water partition coefficient (Wildman–Crippen LogP) is 3.08. The maximum atomic E-state index is 5.95. The van der Waals surface area contributed by atoms with Gasteiger partial charge in [-0.15, -0.1) is 0 Å². The van der Waals surface area contributed by atoms with Gasteiger partial charge in [-0.2, -0.15) is 0 Å². The van der Waals surface area contributed by atoms with E-state index < -0.39 is 0 Å². The second-order valence-electron chi connectivity index (χ2n) is 6.98. The van der Waals surface area contributed by atoms with Gasteiger partial charge in [0.05, 0.1) is 18.1 Å². The van der Waals surface area contributed by atoms with Gasteiger partial charge in [0.25, 0.3) is 0 Å². The number of nitrogens with one attached hydrogen (secondary N) is 1. The molecule has 0 unspecified atom stereocenters. The van der Waals surface area contributed by atoms with Crippen LogP contribution in [0.15, 0.2) is 12.4 Å². The molecule has 110 valence electrons. The first kappa shape index (κ1) is 13.8.